The highest BCUT2D eigenvalue weighted by Crippen LogP contribution is 1.93. The van der Waals surface area contributed by atoms with Gasteiger partial charge in [0, 0.05) is 0 Å². The van der Waals surface area contributed by atoms with Crippen molar-refractivity contribution in [3.63, 3.8) is 0 Å². The van der Waals surface area contributed by atoms with Crippen LogP contribution in [-0.2, 0) is 0 Å². The molecule has 0 unspecified atom stereocenters. The molecule has 12 heavy (non-hydrogen) atoms. The van der Waals surface area contributed by atoms with Crippen LogP contribution in [0, 0.1) is 0 Å². The predicted octanol–water partition coefficient (Wildman–Crippen LogP) is 0.915. The van der Waals surface area contributed by atoms with Gasteiger partial charge in [0.2, 0.25) is 0 Å². The Morgan fingerprint density at radius 3 is 1.08 bits per heavy atom. The molecule has 0 aliphatic rings. The molecule has 76 valence electrons. The molecule has 0 aromatic carbocycles. The van der Waals surface area contributed by atoms with E-state index in [2.05, 4.69) is 0 Å². The van der Waals surface area contributed by atoms with Crippen LogP contribution in [0.3, 0.4) is 0 Å². The molecule has 0 bridgehead atoms. The highest BCUT2D eigenvalue weighted by Gasteiger charge is 1.98. The number of aliphatic hydroxyl groups is 3. The Morgan fingerprint density at radius 1 is 0.833 bits per heavy atom. The Bertz CT molecular complexity index is 73.8. The van der Waals surface area contributed by atoms with Crippen molar-refractivity contribution in [2.24, 2.45) is 0 Å². The fraction of sp³-hybridized carbons (Fsp3) is 1.00. The molecule has 0 saturated carbocycles. The van der Waals surface area contributed by atoms with Crippen molar-refractivity contribution in [3.05, 3.63) is 0 Å². The summed E-state index contributed by atoms with van der Waals surface area (Å²) in [7, 11) is 0. The summed E-state index contributed by atoms with van der Waals surface area (Å²) in [6.45, 7) is 7.05. The zero-order chi connectivity index (χ0) is 10.1. The molecule has 0 saturated heterocycles. The van der Waals surface area contributed by atoms with E-state index in [9.17, 15) is 0 Å². The largest absolute Gasteiger partial charge is 0.393 e. The van der Waals surface area contributed by atoms with Gasteiger partial charge in [-0.25, -0.2) is 0 Å². The first-order valence-corrected chi connectivity index (χ1v) is 4.44. The van der Waals surface area contributed by atoms with Crippen molar-refractivity contribution < 1.29 is 15.3 Å². The van der Waals surface area contributed by atoms with Gasteiger partial charge in [0.1, 0.15) is 0 Å². The number of hydrogen-bond acceptors (Lipinski definition) is 3. The molecule has 0 spiro atoms. The van der Waals surface area contributed by atoms with Gasteiger partial charge in [-0.15, -0.1) is 0 Å². The molecular weight excluding hydrogens is 156 g/mol. The number of hydrogen-bond donors (Lipinski definition) is 3. The molecule has 0 fully saturated rings. The second-order valence-corrected chi connectivity index (χ2v) is 3.19. The normalized spacial score (nSPS) is 17.2. The van der Waals surface area contributed by atoms with Crippen LogP contribution in [0.5, 0.6) is 0 Å². The Hall–Kier alpha value is -0.120. The molecule has 0 aliphatic carbocycles. The molecule has 0 aromatic heterocycles. The highest BCUT2D eigenvalue weighted by molar-refractivity contribution is 4.51. The fourth-order valence-corrected chi connectivity index (χ4v) is 0.494. The summed E-state index contributed by atoms with van der Waals surface area (Å²) in [5.74, 6) is 0. The smallest absolute Gasteiger partial charge is 0.0536 e. The summed E-state index contributed by atoms with van der Waals surface area (Å²) >= 11 is 0. The lowest BCUT2D eigenvalue weighted by atomic mass is 10.2. The fourth-order valence-electron chi connectivity index (χ4n) is 0.494. The van der Waals surface area contributed by atoms with E-state index in [0.29, 0.717) is 6.42 Å². The number of aliphatic hydroxyl groups excluding tert-OH is 3. The van der Waals surface area contributed by atoms with Crippen LogP contribution in [0.1, 0.15) is 40.5 Å². The third-order valence-electron chi connectivity index (χ3n) is 1.27. The molecule has 0 radical (unpaired) electrons. The summed E-state index contributed by atoms with van der Waals surface area (Å²) in [5.41, 5.74) is 0. The minimum atomic E-state index is -0.375. The van der Waals surface area contributed by atoms with Crippen molar-refractivity contribution in [2.75, 3.05) is 0 Å². The second-order valence-electron chi connectivity index (χ2n) is 3.19. The van der Waals surface area contributed by atoms with Crippen LogP contribution < -0.4 is 0 Å². The lowest BCUT2D eigenvalue weighted by Gasteiger charge is -2.04. The van der Waals surface area contributed by atoms with Crippen LogP contribution >= 0.6 is 0 Å². The summed E-state index contributed by atoms with van der Waals surface area (Å²) in [5, 5.41) is 25.5. The molecule has 0 amide bonds. The first-order valence-electron chi connectivity index (χ1n) is 4.44. The minimum absolute atomic E-state index is 0.116. The monoisotopic (exact) mass is 178 g/mol. The summed E-state index contributed by atoms with van der Waals surface area (Å²) in [6.07, 6.45) is 0.468. The summed E-state index contributed by atoms with van der Waals surface area (Å²) in [4.78, 5) is 0. The van der Waals surface area contributed by atoms with Gasteiger partial charge in [0.05, 0.1) is 18.3 Å². The average Bonchev–Trinajstić information content (AvgIpc) is 1.85. The van der Waals surface area contributed by atoms with Gasteiger partial charge < -0.3 is 15.3 Å². The molecule has 0 aromatic rings. The van der Waals surface area contributed by atoms with Gasteiger partial charge in [-0.1, -0.05) is 6.92 Å². The Kier molecular flexibility index (Phi) is 10.8. The quantitative estimate of drug-likeness (QED) is 0.602. The molecule has 3 nitrogen and oxygen atoms in total. The van der Waals surface area contributed by atoms with Crippen molar-refractivity contribution in [1.29, 1.82) is 0 Å². The Balaban J connectivity index is 0. The van der Waals surface area contributed by atoms with Gasteiger partial charge in [-0.05, 0) is 33.6 Å². The van der Waals surface area contributed by atoms with Gasteiger partial charge in [0.25, 0.3) is 0 Å². The van der Waals surface area contributed by atoms with Gasteiger partial charge in [0.15, 0.2) is 0 Å². The van der Waals surface area contributed by atoms with E-state index in [-0.39, 0.29) is 18.3 Å². The SMILES string of the molecule is CC[C@H](C)O.C[C@@H](O)C[C@@H](C)O. The van der Waals surface area contributed by atoms with Gasteiger partial charge in [-0.3, -0.25) is 0 Å². The van der Waals surface area contributed by atoms with Crippen LogP contribution in [0.25, 0.3) is 0 Å². The average molecular weight is 178 g/mol. The van der Waals surface area contributed by atoms with Crippen molar-refractivity contribution >= 4 is 0 Å². The van der Waals surface area contributed by atoms with Crippen LogP contribution in [0.4, 0.5) is 0 Å². The van der Waals surface area contributed by atoms with Gasteiger partial charge in [-0.2, -0.15) is 0 Å². The third kappa shape index (κ3) is 22.5. The lowest BCUT2D eigenvalue weighted by molar-refractivity contribution is 0.102. The van der Waals surface area contributed by atoms with E-state index in [1.807, 2.05) is 6.92 Å². The zero-order valence-electron chi connectivity index (χ0n) is 8.49. The topological polar surface area (TPSA) is 60.7 Å². The third-order valence-corrected chi connectivity index (χ3v) is 1.27. The van der Waals surface area contributed by atoms with E-state index >= 15 is 0 Å². The Morgan fingerprint density at radius 2 is 1.08 bits per heavy atom. The van der Waals surface area contributed by atoms with E-state index < -0.39 is 0 Å². The van der Waals surface area contributed by atoms with Crippen LogP contribution in [-0.4, -0.2) is 33.6 Å². The standard InChI is InChI=1S/C5H12O2.C4H10O/c1-4(6)3-5(2)7;1-3-4(2)5/h4-7H,3H2,1-2H3;4-5H,3H2,1-2H3/t4-,5-;4-/m10/s1. The van der Waals surface area contributed by atoms with Crippen LogP contribution in [0.2, 0.25) is 0 Å². The molecule has 0 heterocycles. The van der Waals surface area contributed by atoms with Crippen molar-refractivity contribution in [1.82, 2.24) is 0 Å². The lowest BCUT2D eigenvalue weighted by Crippen LogP contribution is -2.10. The summed E-state index contributed by atoms with van der Waals surface area (Å²) in [6, 6.07) is 0. The highest BCUT2D eigenvalue weighted by atomic mass is 16.3. The molecule has 0 aliphatic heterocycles. The van der Waals surface area contributed by atoms with E-state index in [1.54, 1.807) is 20.8 Å². The first-order chi connectivity index (χ1) is 5.40. The second kappa shape index (κ2) is 8.97. The minimum Gasteiger partial charge on any atom is -0.393 e. The van der Waals surface area contributed by atoms with Crippen molar-refractivity contribution in [3.8, 4) is 0 Å². The molecule has 3 atom stereocenters. The maximum atomic E-state index is 8.56. The molecule has 3 N–H and O–H groups in total. The molecular formula is C9H22O3. The molecule has 0 rings (SSSR count). The maximum absolute atomic E-state index is 8.56. The van der Waals surface area contributed by atoms with Crippen molar-refractivity contribution in [2.45, 2.75) is 58.8 Å². The van der Waals surface area contributed by atoms with E-state index in [1.165, 1.54) is 0 Å². The van der Waals surface area contributed by atoms with E-state index in [0.717, 1.165) is 6.42 Å². The molecule has 3 heteroatoms. The van der Waals surface area contributed by atoms with Crippen LogP contribution in [0.15, 0.2) is 0 Å². The first kappa shape index (κ1) is 14.4. The summed E-state index contributed by atoms with van der Waals surface area (Å²) < 4.78 is 0. The number of rotatable bonds is 3. The zero-order valence-corrected chi connectivity index (χ0v) is 8.49. The maximum Gasteiger partial charge on any atom is 0.0536 e. The predicted molar refractivity (Wildman–Crippen MR) is 50.0 cm³/mol. The van der Waals surface area contributed by atoms with Gasteiger partial charge >= 0.3 is 0 Å². The Labute approximate surface area is 75.0 Å². The van der Waals surface area contributed by atoms with E-state index in [4.69, 9.17) is 15.3 Å².